The van der Waals surface area contributed by atoms with Crippen molar-refractivity contribution in [3.63, 3.8) is 0 Å². The van der Waals surface area contributed by atoms with Crippen molar-refractivity contribution in [3.8, 4) is 0 Å². The third-order valence-corrected chi connectivity index (χ3v) is 7.19. The number of sulfonamides is 1. The van der Waals surface area contributed by atoms with Crippen LogP contribution in [0, 0.1) is 26.7 Å². The molecule has 0 aliphatic carbocycles. The van der Waals surface area contributed by atoms with Gasteiger partial charge in [0, 0.05) is 19.0 Å². The largest absolute Gasteiger partial charge is 0.243 e. The predicted octanol–water partition coefficient (Wildman–Crippen LogP) is 5.05. The fourth-order valence-corrected chi connectivity index (χ4v) is 4.78. The first-order valence-corrected chi connectivity index (χ1v) is 10.9. The monoisotopic (exact) mass is 393 g/mol. The zero-order chi connectivity index (χ0) is 20.5. The van der Waals surface area contributed by atoms with Crippen LogP contribution in [0.25, 0.3) is 6.08 Å². The summed E-state index contributed by atoms with van der Waals surface area (Å²) in [6, 6.07) is 13.3. The Hall–Kier alpha value is -2.39. The van der Waals surface area contributed by atoms with Crippen LogP contribution in [0.2, 0.25) is 0 Å². The number of hydrogen-bond acceptors (Lipinski definition) is 2. The molecule has 4 heteroatoms. The lowest BCUT2D eigenvalue weighted by molar-refractivity contribution is 0.468. The van der Waals surface area contributed by atoms with Gasteiger partial charge in [-0.1, -0.05) is 48.0 Å². The molecule has 1 aliphatic heterocycles. The molecule has 28 heavy (non-hydrogen) atoms. The van der Waals surface area contributed by atoms with Crippen LogP contribution in [-0.2, 0) is 10.0 Å². The molecule has 1 fully saturated rings. The van der Waals surface area contributed by atoms with Crippen molar-refractivity contribution in [2.75, 3.05) is 13.1 Å². The second-order valence-electron chi connectivity index (χ2n) is 7.67. The number of hydrogen-bond donors (Lipinski definition) is 0. The quantitative estimate of drug-likeness (QED) is 0.539. The molecule has 3 nitrogen and oxygen atoms in total. The van der Waals surface area contributed by atoms with Crippen molar-refractivity contribution < 1.29 is 8.42 Å². The van der Waals surface area contributed by atoms with E-state index in [2.05, 4.69) is 44.4 Å². The lowest BCUT2D eigenvalue weighted by atomic mass is 9.96. The zero-order valence-corrected chi connectivity index (χ0v) is 17.8. The fourth-order valence-electron chi connectivity index (χ4n) is 3.35. The molecule has 2 aromatic rings. The van der Waals surface area contributed by atoms with E-state index in [1.54, 1.807) is 12.1 Å². The van der Waals surface area contributed by atoms with Gasteiger partial charge in [0.1, 0.15) is 0 Å². The van der Waals surface area contributed by atoms with E-state index in [0.29, 0.717) is 18.0 Å². The average Bonchev–Trinajstić information content (AvgIpc) is 3.08. The number of rotatable bonds is 4. The molecule has 0 N–H and O–H groups in total. The molecular formula is C24H27NO2S. The Morgan fingerprint density at radius 1 is 1.11 bits per heavy atom. The van der Waals surface area contributed by atoms with Gasteiger partial charge >= 0.3 is 0 Å². The second-order valence-corrected chi connectivity index (χ2v) is 9.61. The van der Waals surface area contributed by atoms with Gasteiger partial charge in [-0.3, -0.25) is 0 Å². The van der Waals surface area contributed by atoms with E-state index >= 15 is 0 Å². The molecule has 0 radical (unpaired) electrons. The topological polar surface area (TPSA) is 37.4 Å². The highest BCUT2D eigenvalue weighted by Gasteiger charge is 2.36. The maximum absolute atomic E-state index is 13.1. The van der Waals surface area contributed by atoms with Gasteiger partial charge in [0.15, 0.2) is 0 Å². The molecule has 3 rings (SSSR count). The van der Waals surface area contributed by atoms with Crippen molar-refractivity contribution in [2.45, 2.75) is 32.6 Å². The highest BCUT2D eigenvalue weighted by molar-refractivity contribution is 7.89. The summed E-state index contributed by atoms with van der Waals surface area (Å²) < 4.78 is 27.7. The van der Waals surface area contributed by atoms with Crippen molar-refractivity contribution in [2.24, 2.45) is 5.92 Å². The first-order chi connectivity index (χ1) is 13.2. The third kappa shape index (κ3) is 4.20. The third-order valence-electron chi connectivity index (χ3n) is 5.36. The van der Waals surface area contributed by atoms with Gasteiger partial charge in [-0.2, -0.15) is 4.31 Å². The summed E-state index contributed by atoms with van der Waals surface area (Å²) in [6.07, 6.45) is 1.94. The van der Waals surface area contributed by atoms with E-state index in [-0.39, 0.29) is 5.92 Å². The molecule has 0 saturated carbocycles. The number of aryl methyl sites for hydroxylation is 3. The van der Waals surface area contributed by atoms with E-state index in [4.69, 9.17) is 0 Å². The molecule has 2 aromatic carbocycles. The minimum atomic E-state index is -3.53. The number of benzene rings is 2. The fraction of sp³-hybridized carbons (Fsp3) is 0.292. The smallest absolute Gasteiger partial charge is 0.207 e. The van der Waals surface area contributed by atoms with Crippen LogP contribution < -0.4 is 0 Å². The molecule has 1 unspecified atom stereocenters. The minimum Gasteiger partial charge on any atom is -0.207 e. The van der Waals surface area contributed by atoms with Crippen LogP contribution in [0.3, 0.4) is 0 Å². The molecule has 0 amide bonds. The van der Waals surface area contributed by atoms with Gasteiger partial charge in [-0.15, -0.1) is 5.73 Å². The van der Waals surface area contributed by atoms with Crippen LogP contribution in [0.4, 0.5) is 0 Å². The first-order valence-electron chi connectivity index (χ1n) is 9.43. The van der Waals surface area contributed by atoms with E-state index in [9.17, 15) is 8.42 Å². The lowest BCUT2D eigenvalue weighted by Gasteiger charge is -2.16. The first kappa shape index (κ1) is 20.3. The summed E-state index contributed by atoms with van der Waals surface area (Å²) in [6.45, 7) is 12.9. The average molecular weight is 394 g/mol. The highest BCUT2D eigenvalue weighted by Crippen LogP contribution is 2.31. The van der Waals surface area contributed by atoms with Crippen LogP contribution in [-0.4, -0.2) is 25.8 Å². The molecule has 1 heterocycles. The summed E-state index contributed by atoms with van der Waals surface area (Å²) in [5, 5.41) is 0. The lowest BCUT2D eigenvalue weighted by Crippen LogP contribution is -2.29. The summed E-state index contributed by atoms with van der Waals surface area (Å²) in [5.74, 6) is -0.0111. The second kappa shape index (κ2) is 7.92. The van der Waals surface area contributed by atoms with Gasteiger partial charge in [-0.05, 0) is 68.2 Å². The van der Waals surface area contributed by atoms with Gasteiger partial charge in [0.25, 0.3) is 0 Å². The SMILES string of the molecule is C=C(C)C1CN(S(=O)(=O)c2ccc(C)cc2)CC1=C=Cc1ccc(C)c(C)c1. The summed E-state index contributed by atoms with van der Waals surface area (Å²) in [4.78, 5) is 0.331. The molecule has 1 aliphatic rings. The van der Waals surface area contributed by atoms with Crippen molar-refractivity contribution in [3.05, 3.63) is 88.2 Å². The Labute approximate surface area is 168 Å². The van der Waals surface area contributed by atoms with Gasteiger partial charge in [0.2, 0.25) is 10.0 Å². The number of nitrogens with zero attached hydrogens (tertiary/aromatic N) is 1. The summed E-state index contributed by atoms with van der Waals surface area (Å²) >= 11 is 0. The Bertz CT molecular complexity index is 1070. The Morgan fingerprint density at radius 2 is 1.79 bits per heavy atom. The van der Waals surface area contributed by atoms with E-state index < -0.39 is 10.0 Å². The molecule has 0 bridgehead atoms. The Morgan fingerprint density at radius 3 is 2.39 bits per heavy atom. The van der Waals surface area contributed by atoms with Crippen molar-refractivity contribution >= 4 is 16.1 Å². The van der Waals surface area contributed by atoms with Gasteiger partial charge in [0.05, 0.1) is 4.90 Å². The van der Waals surface area contributed by atoms with Crippen LogP contribution in [0.1, 0.15) is 29.2 Å². The highest BCUT2D eigenvalue weighted by atomic mass is 32.2. The molecule has 1 atom stereocenters. The molecule has 146 valence electrons. The van der Waals surface area contributed by atoms with Crippen LogP contribution in [0.5, 0.6) is 0 Å². The summed E-state index contributed by atoms with van der Waals surface area (Å²) in [7, 11) is -3.53. The van der Waals surface area contributed by atoms with Crippen LogP contribution >= 0.6 is 0 Å². The Balaban J connectivity index is 1.94. The zero-order valence-electron chi connectivity index (χ0n) is 17.0. The maximum Gasteiger partial charge on any atom is 0.243 e. The normalized spacial score (nSPS) is 17.4. The standard InChI is InChI=1S/C24H27NO2S/c1-17(2)24-16-25(28(26,27)23-12-6-18(3)7-13-23)15-22(24)11-10-21-9-8-19(4)20(5)14-21/h6-10,12-14,24H,1,15-16H2,2-5H3. The molecule has 1 saturated heterocycles. The predicted molar refractivity (Wildman–Crippen MR) is 116 cm³/mol. The van der Waals surface area contributed by atoms with Gasteiger partial charge in [-0.25, -0.2) is 8.42 Å². The van der Waals surface area contributed by atoms with E-state index in [0.717, 1.165) is 22.3 Å². The minimum absolute atomic E-state index is 0.0111. The van der Waals surface area contributed by atoms with E-state index in [1.165, 1.54) is 15.4 Å². The maximum atomic E-state index is 13.1. The summed E-state index contributed by atoms with van der Waals surface area (Å²) in [5.41, 5.74) is 9.86. The van der Waals surface area contributed by atoms with Gasteiger partial charge < -0.3 is 0 Å². The van der Waals surface area contributed by atoms with Crippen molar-refractivity contribution in [1.82, 2.24) is 4.31 Å². The van der Waals surface area contributed by atoms with E-state index in [1.807, 2.05) is 32.1 Å². The van der Waals surface area contributed by atoms with Crippen molar-refractivity contribution in [1.29, 1.82) is 0 Å². The van der Waals surface area contributed by atoms with Crippen LogP contribution in [0.15, 0.2) is 70.8 Å². The molecule has 0 spiro atoms. The molecule has 0 aromatic heterocycles. The Kier molecular flexibility index (Phi) is 5.76. The molecular weight excluding hydrogens is 366 g/mol.